The van der Waals surface area contributed by atoms with Gasteiger partial charge >= 0.3 is 0 Å². The fourth-order valence-corrected chi connectivity index (χ4v) is 0.874. The van der Waals surface area contributed by atoms with E-state index in [-0.39, 0.29) is 0 Å². The van der Waals surface area contributed by atoms with Gasteiger partial charge in [0.2, 0.25) is 0 Å². The van der Waals surface area contributed by atoms with Crippen LogP contribution in [0.1, 0.15) is 47.5 Å². The van der Waals surface area contributed by atoms with Gasteiger partial charge in [-0.25, -0.2) is 0 Å². The van der Waals surface area contributed by atoms with Gasteiger partial charge in [0.1, 0.15) is 0 Å². The van der Waals surface area contributed by atoms with E-state index in [1.165, 1.54) is 23.1 Å². The molecule has 0 fully saturated rings. The van der Waals surface area contributed by atoms with E-state index < -0.39 is 0 Å². The van der Waals surface area contributed by atoms with Gasteiger partial charge in [-0.2, -0.15) is 0 Å². The van der Waals surface area contributed by atoms with E-state index in [2.05, 4.69) is 40.7 Å². The Morgan fingerprint density at radius 1 is 1.00 bits per heavy atom. The smallest absolute Gasteiger partial charge is 0.0346 e. The van der Waals surface area contributed by atoms with Gasteiger partial charge in [-0.15, -0.1) is 0 Å². The molecule has 0 saturated carbocycles. The molecule has 0 aliphatic rings. The SMILES string of the molecule is CC/C(C)=C(C)\C=C(/C)CC. The molecule has 0 aliphatic carbocycles. The maximum atomic E-state index is 2.29. The number of hydrogen-bond donors (Lipinski definition) is 0. The zero-order chi connectivity index (χ0) is 8.85. The maximum absolute atomic E-state index is 2.29. The topological polar surface area (TPSA) is 0 Å². The number of hydrogen-bond acceptors (Lipinski definition) is 0. The molecule has 0 aliphatic heterocycles. The highest BCUT2D eigenvalue weighted by Crippen LogP contribution is 2.11. The Hall–Kier alpha value is -0.520. The van der Waals surface area contributed by atoms with Crippen molar-refractivity contribution in [2.75, 3.05) is 0 Å². The second-order valence-electron chi connectivity index (χ2n) is 3.16. The van der Waals surface area contributed by atoms with Gasteiger partial charge in [0.05, 0.1) is 0 Å². The molecule has 0 atom stereocenters. The predicted octanol–water partition coefficient (Wildman–Crippen LogP) is 4.09. The van der Waals surface area contributed by atoms with Crippen LogP contribution in [0, 0.1) is 0 Å². The van der Waals surface area contributed by atoms with Crippen molar-refractivity contribution in [3.05, 3.63) is 22.8 Å². The van der Waals surface area contributed by atoms with Crippen LogP contribution in [0.5, 0.6) is 0 Å². The zero-order valence-electron chi connectivity index (χ0n) is 8.49. The average Bonchev–Trinajstić information content (AvgIpc) is 2.02. The lowest BCUT2D eigenvalue weighted by atomic mass is 10.1. The minimum Gasteiger partial charge on any atom is -0.0733 e. The Bertz CT molecular complexity index is 170. The van der Waals surface area contributed by atoms with Crippen LogP contribution in [0.2, 0.25) is 0 Å². The summed E-state index contributed by atoms with van der Waals surface area (Å²) in [7, 11) is 0. The van der Waals surface area contributed by atoms with Crippen molar-refractivity contribution in [1.29, 1.82) is 0 Å². The summed E-state index contributed by atoms with van der Waals surface area (Å²) in [5.74, 6) is 0. The molecule has 0 aromatic heterocycles. The third kappa shape index (κ3) is 4.02. The predicted molar refractivity (Wildman–Crippen MR) is 52.7 cm³/mol. The summed E-state index contributed by atoms with van der Waals surface area (Å²) in [5, 5.41) is 0. The molecule has 0 radical (unpaired) electrons. The highest BCUT2D eigenvalue weighted by molar-refractivity contribution is 5.25. The van der Waals surface area contributed by atoms with Gasteiger partial charge in [-0.3, -0.25) is 0 Å². The van der Waals surface area contributed by atoms with Gasteiger partial charge in [-0.05, 0) is 33.6 Å². The standard InChI is InChI=1S/C11H20/c1-6-9(3)8-11(5)10(4)7-2/h8H,6-7H2,1-5H3/b9-8+,11-10-. The summed E-state index contributed by atoms with van der Waals surface area (Å²) in [6, 6.07) is 0. The molecular weight excluding hydrogens is 132 g/mol. The quantitative estimate of drug-likeness (QED) is 0.534. The lowest BCUT2D eigenvalue weighted by Gasteiger charge is -2.01. The van der Waals surface area contributed by atoms with Crippen molar-refractivity contribution < 1.29 is 0 Å². The Morgan fingerprint density at radius 3 is 1.91 bits per heavy atom. The largest absolute Gasteiger partial charge is 0.0733 e. The van der Waals surface area contributed by atoms with E-state index in [1.54, 1.807) is 0 Å². The molecule has 0 saturated heterocycles. The van der Waals surface area contributed by atoms with E-state index in [0.717, 1.165) is 6.42 Å². The van der Waals surface area contributed by atoms with Crippen LogP contribution in [0.4, 0.5) is 0 Å². The third-order valence-corrected chi connectivity index (χ3v) is 2.22. The van der Waals surface area contributed by atoms with Crippen molar-refractivity contribution in [2.24, 2.45) is 0 Å². The van der Waals surface area contributed by atoms with Crippen LogP contribution >= 0.6 is 0 Å². The first-order valence-electron chi connectivity index (χ1n) is 4.45. The monoisotopic (exact) mass is 152 g/mol. The first-order chi connectivity index (χ1) is 5.11. The van der Waals surface area contributed by atoms with Crippen molar-refractivity contribution in [1.82, 2.24) is 0 Å². The lowest BCUT2D eigenvalue weighted by Crippen LogP contribution is -1.80. The summed E-state index contributed by atoms with van der Waals surface area (Å²) in [6.45, 7) is 11.0. The van der Waals surface area contributed by atoms with Gasteiger partial charge in [-0.1, -0.05) is 36.6 Å². The van der Waals surface area contributed by atoms with E-state index in [0.29, 0.717) is 0 Å². The Kier molecular flexibility index (Phi) is 4.93. The first-order valence-corrected chi connectivity index (χ1v) is 4.45. The molecule has 0 amide bonds. The van der Waals surface area contributed by atoms with E-state index in [1.807, 2.05) is 0 Å². The van der Waals surface area contributed by atoms with Gasteiger partial charge in [0, 0.05) is 0 Å². The van der Waals surface area contributed by atoms with Crippen LogP contribution < -0.4 is 0 Å². The molecule has 0 rings (SSSR count). The summed E-state index contributed by atoms with van der Waals surface area (Å²) >= 11 is 0. The first kappa shape index (κ1) is 10.5. The lowest BCUT2D eigenvalue weighted by molar-refractivity contribution is 1.05. The minimum atomic E-state index is 1.16. The van der Waals surface area contributed by atoms with Crippen LogP contribution in [0.15, 0.2) is 22.8 Å². The molecule has 0 bridgehead atoms. The molecule has 0 spiro atoms. The van der Waals surface area contributed by atoms with Gasteiger partial charge in [0.25, 0.3) is 0 Å². The van der Waals surface area contributed by atoms with Crippen LogP contribution in [-0.4, -0.2) is 0 Å². The summed E-state index contributed by atoms with van der Waals surface area (Å²) in [4.78, 5) is 0. The van der Waals surface area contributed by atoms with E-state index in [9.17, 15) is 0 Å². The Balaban J connectivity index is 4.37. The Labute approximate surface area is 71.0 Å². The molecule has 0 nitrogen and oxygen atoms in total. The molecule has 0 heteroatoms. The average molecular weight is 152 g/mol. The highest BCUT2D eigenvalue weighted by atomic mass is 14.0. The van der Waals surface area contributed by atoms with Gasteiger partial charge < -0.3 is 0 Å². The molecule has 11 heavy (non-hydrogen) atoms. The van der Waals surface area contributed by atoms with Crippen molar-refractivity contribution >= 4 is 0 Å². The summed E-state index contributed by atoms with van der Waals surface area (Å²) in [6.07, 6.45) is 4.62. The number of allylic oxidation sites excluding steroid dienone is 4. The molecule has 64 valence electrons. The van der Waals surface area contributed by atoms with Crippen molar-refractivity contribution in [3.8, 4) is 0 Å². The molecule has 0 aromatic carbocycles. The third-order valence-electron chi connectivity index (χ3n) is 2.22. The summed E-state index contributed by atoms with van der Waals surface area (Å²) in [5.41, 5.74) is 4.40. The van der Waals surface area contributed by atoms with Crippen molar-refractivity contribution in [2.45, 2.75) is 47.5 Å². The number of rotatable bonds is 3. The van der Waals surface area contributed by atoms with Crippen LogP contribution in [-0.2, 0) is 0 Å². The van der Waals surface area contributed by atoms with Crippen molar-refractivity contribution in [3.63, 3.8) is 0 Å². The van der Waals surface area contributed by atoms with Crippen LogP contribution in [0.25, 0.3) is 0 Å². The fourth-order valence-electron chi connectivity index (χ4n) is 0.874. The fraction of sp³-hybridized carbons (Fsp3) is 0.636. The summed E-state index contributed by atoms with van der Waals surface area (Å²) < 4.78 is 0. The molecule has 0 aromatic rings. The van der Waals surface area contributed by atoms with E-state index in [4.69, 9.17) is 0 Å². The molecule has 0 heterocycles. The second-order valence-corrected chi connectivity index (χ2v) is 3.16. The van der Waals surface area contributed by atoms with Crippen LogP contribution in [0.3, 0.4) is 0 Å². The van der Waals surface area contributed by atoms with E-state index >= 15 is 0 Å². The normalized spacial score (nSPS) is 14.8. The Morgan fingerprint density at radius 2 is 1.55 bits per heavy atom. The highest BCUT2D eigenvalue weighted by Gasteiger charge is 1.91. The zero-order valence-corrected chi connectivity index (χ0v) is 8.49. The second kappa shape index (κ2) is 5.17. The maximum Gasteiger partial charge on any atom is -0.0346 e. The molecule has 0 unspecified atom stereocenters. The molecular formula is C11H20. The minimum absolute atomic E-state index is 1.16. The van der Waals surface area contributed by atoms with Gasteiger partial charge in [0.15, 0.2) is 0 Å². The molecule has 0 N–H and O–H groups in total.